The zero-order chi connectivity index (χ0) is 25.2. The fraction of sp³-hybridized carbons (Fsp3) is 0.944. The van der Waals surface area contributed by atoms with Gasteiger partial charge < -0.3 is 66.4 Å². The number of unbranched alkanes of at least 4 members (excludes halogenated alkanes) is 3. The van der Waals surface area contributed by atoms with Gasteiger partial charge in [0.25, 0.3) is 0 Å². The summed E-state index contributed by atoms with van der Waals surface area (Å²) < 4.78 is 0. The molecule has 196 valence electrons. The van der Waals surface area contributed by atoms with Crippen molar-refractivity contribution in [2.24, 2.45) is 0 Å². The number of aliphatic carboxylic acids is 1. The molecule has 0 amide bonds. The van der Waals surface area contributed by atoms with E-state index in [1.807, 2.05) is 0 Å². The molecule has 0 aromatic rings. The normalized spacial score (nSPS) is 21.9. The second kappa shape index (κ2) is 17.8. The van der Waals surface area contributed by atoms with Crippen molar-refractivity contribution < 1.29 is 71.2 Å². The molecule has 14 nitrogen and oxygen atoms in total. The molecule has 15 heteroatoms. The number of carboxylic acid groups (broad SMARTS) is 1. The molecule has 0 aliphatic carbocycles. The Morgan fingerprint density at radius 2 is 0.848 bits per heavy atom. The minimum absolute atomic E-state index is 0. The van der Waals surface area contributed by atoms with Gasteiger partial charge in [0, 0.05) is 6.61 Å². The van der Waals surface area contributed by atoms with Crippen LogP contribution in [0.5, 0.6) is 0 Å². The average molecular weight is 566 g/mol. The van der Waals surface area contributed by atoms with Crippen molar-refractivity contribution in [2.75, 3.05) is 6.61 Å². The first kappa shape index (κ1) is 35.6. The molecule has 13 N–H and O–H groups in total. The first-order chi connectivity index (χ1) is 14.8. The number of carboxylic acids is 1. The molecule has 0 rings (SSSR count). The zero-order valence-corrected chi connectivity index (χ0v) is 17.3. The Bertz CT molecular complexity index is 528. The molecule has 0 bridgehead atoms. The Kier molecular flexibility index (Phi) is 19.3. The van der Waals surface area contributed by atoms with E-state index in [1.54, 1.807) is 0 Å². The molecule has 0 aliphatic rings. The zero-order valence-electron chi connectivity index (χ0n) is 17.3. The van der Waals surface area contributed by atoms with Crippen molar-refractivity contribution in [2.45, 2.75) is 99.2 Å². The molecule has 11 unspecified atom stereocenters. The van der Waals surface area contributed by atoms with Crippen LogP contribution in [-0.4, -0.2) is 192 Å². The second-order valence-corrected chi connectivity index (χ2v) is 7.69. The van der Waals surface area contributed by atoms with E-state index in [2.05, 4.69) is 0 Å². The quantitative estimate of drug-likeness (QED) is 0.0576. The monoisotopic (exact) mass is 566 g/mol. The first-order valence-electron chi connectivity index (χ1n) is 10.1. The molecule has 0 aliphatic heterocycles. The van der Waals surface area contributed by atoms with Crippen molar-refractivity contribution in [3.63, 3.8) is 0 Å². The topological polar surface area (TPSA) is 280 Å². The summed E-state index contributed by atoms with van der Waals surface area (Å²) in [5.74, 6) is -1.96. The Morgan fingerprint density at radius 1 is 0.515 bits per heavy atom. The summed E-state index contributed by atoms with van der Waals surface area (Å²) in [6.07, 6.45) is -23.3. The fourth-order valence-corrected chi connectivity index (χ4v) is 2.96. The molecule has 0 spiro atoms. The Balaban J connectivity index is 0. The molecule has 0 saturated heterocycles. The second-order valence-electron chi connectivity index (χ2n) is 7.69. The summed E-state index contributed by atoms with van der Waals surface area (Å²) in [4.78, 5) is 10.6. The van der Waals surface area contributed by atoms with Crippen LogP contribution in [0.3, 0.4) is 0 Å². The van der Waals surface area contributed by atoms with Crippen molar-refractivity contribution in [3.05, 3.63) is 0 Å². The molecule has 0 heterocycles. The number of aliphatic hydroxyl groups excluding tert-OH is 12. The van der Waals surface area contributed by atoms with Crippen molar-refractivity contribution >= 4 is 51.5 Å². The summed E-state index contributed by atoms with van der Waals surface area (Å²) >= 11 is 0. The Labute approximate surface area is 227 Å². The minimum atomic E-state index is -2.55. The van der Waals surface area contributed by atoms with E-state index in [9.17, 15) is 61.0 Å². The summed E-state index contributed by atoms with van der Waals surface area (Å²) in [7, 11) is 0. The maximum atomic E-state index is 10.6. The number of hydrogen-bond acceptors (Lipinski definition) is 13. The standard InChI is InChI=1S/C18H36O14.Sr.2H/c19-6-4-2-1-3-5-7(20)8(21)9(22)10(23)11(24)12(25)13(26)14(27)15(28)16(29)17(30)18(31)32;;;/h7-17,19-30H,1-6H2,(H,31,32);;;. The van der Waals surface area contributed by atoms with Crippen molar-refractivity contribution in [3.8, 4) is 0 Å². The molecule has 33 heavy (non-hydrogen) atoms. The number of carbonyl (C=O) groups is 1. The van der Waals surface area contributed by atoms with Crippen LogP contribution in [0.2, 0.25) is 0 Å². The third-order valence-electron chi connectivity index (χ3n) is 5.18. The van der Waals surface area contributed by atoms with E-state index in [0.29, 0.717) is 25.7 Å². The predicted molar refractivity (Wildman–Crippen MR) is 112 cm³/mol. The summed E-state index contributed by atoms with van der Waals surface area (Å²) in [5, 5.41) is 125. The number of hydrogen-bond donors (Lipinski definition) is 13. The Hall–Kier alpha value is 0.471. The fourth-order valence-electron chi connectivity index (χ4n) is 2.96. The average Bonchev–Trinajstić information content (AvgIpc) is 2.78. The third-order valence-corrected chi connectivity index (χ3v) is 5.18. The van der Waals surface area contributed by atoms with Crippen molar-refractivity contribution in [1.29, 1.82) is 0 Å². The van der Waals surface area contributed by atoms with Crippen LogP contribution in [0.25, 0.3) is 0 Å². The molecule has 0 aromatic heterocycles. The Morgan fingerprint density at radius 3 is 1.21 bits per heavy atom. The third kappa shape index (κ3) is 11.4. The van der Waals surface area contributed by atoms with Crippen LogP contribution in [-0.2, 0) is 4.79 Å². The summed E-state index contributed by atoms with van der Waals surface area (Å²) in [6, 6.07) is 0. The van der Waals surface area contributed by atoms with E-state index in [-0.39, 0.29) is 58.5 Å². The van der Waals surface area contributed by atoms with Crippen LogP contribution >= 0.6 is 0 Å². The van der Waals surface area contributed by atoms with E-state index < -0.39 is 73.1 Å². The molecular formula is C18H38O14Sr. The molecule has 0 radical (unpaired) electrons. The van der Waals surface area contributed by atoms with Gasteiger partial charge in [0.1, 0.15) is 54.9 Å². The van der Waals surface area contributed by atoms with Gasteiger partial charge in [0.15, 0.2) is 6.10 Å². The number of aliphatic hydroxyl groups is 12. The van der Waals surface area contributed by atoms with Crippen LogP contribution in [0.15, 0.2) is 0 Å². The van der Waals surface area contributed by atoms with Gasteiger partial charge in [-0.15, -0.1) is 0 Å². The van der Waals surface area contributed by atoms with Crippen LogP contribution in [0.1, 0.15) is 32.1 Å². The van der Waals surface area contributed by atoms with E-state index in [0.717, 1.165) is 0 Å². The van der Waals surface area contributed by atoms with Crippen molar-refractivity contribution in [1.82, 2.24) is 0 Å². The van der Waals surface area contributed by atoms with E-state index >= 15 is 0 Å². The van der Waals surface area contributed by atoms with E-state index in [4.69, 9.17) is 10.2 Å². The first-order valence-corrected chi connectivity index (χ1v) is 10.1. The molecule has 0 fully saturated rings. The van der Waals surface area contributed by atoms with Gasteiger partial charge in [-0.1, -0.05) is 19.3 Å². The van der Waals surface area contributed by atoms with Gasteiger partial charge in [0.05, 0.1) is 6.10 Å². The van der Waals surface area contributed by atoms with Gasteiger partial charge in [-0.05, 0) is 12.8 Å². The van der Waals surface area contributed by atoms with Gasteiger partial charge in [-0.3, -0.25) is 0 Å². The van der Waals surface area contributed by atoms with Crippen LogP contribution in [0.4, 0.5) is 0 Å². The van der Waals surface area contributed by atoms with Crippen LogP contribution in [0, 0.1) is 0 Å². The number of rotatable bonds is 17. The van der Waals surface area contributed by atoms with E-state index in [1.165, 1.54) is 0 Å². The van der Waals surface area contributed by atoms with Gasteiger partial charge >= 0.3 is 51.5 Å². The van der Waals surface area contributed by atoms with Gasteiger partial charge in [0.2, 0.25) is 0 Å². The predicted octanol–water partition coefficient (Wildman–Crippen LogP) is -6.93. The molecule has 11 atom stereocenters. The molecule has 0 saturated carbocycles. The molecule has 0 aromatic carbocycles. The van der Waals surface area contributed by atoms with Gasteiger partial charge in [-0.2, -0.15) is 0 Å². The SMILES string of the molecule is O=C(O)C(O)C(O)C(O)C(O)C(O)C(O)C(O)C(O)C(O)C(O)C(O)CCCCCCO.[SrH2]. The summed E-state index contributed by atoms with van der Waals surface area (Å²) in [5.41, 5.74) is 0. The summed E-state index contributed by atoms with van der Waals surface area (Å²) in [6.45, 7) is 0.00692. The van der Waals surface area contributed by atoms with Gasteiger partial charge in [-0.25, -0.2) is 4.79 Å². The molecular weight excluding hydrogens is 528 g/mol. The maximum absolute atomic E-state index is 10.6. The van der Waals surface area contributed by atoms with Crippen LogP contribution < -0.4 is 0 Å².